The topological polar surface area (TPSA) is 75.3 Å². The lowest BCUT2D eigenvalue weighted by atomic mass is 9.94. The Morgan fingerprint density at radius 2 is 1.40 bits per heavy atom. The number of sulfone groups is 1. The van der Waals surface area contributed by atoms with E-state index >= 15 is 0 Å². The first-order chi connectivity index (χ1) is 18.5. The van der Waals surface area contributed by atoms with E-state index < -0.39 is 35.6 Å². The largest absolute Gasteiger partial charge is 0.382 e. The van der Waals surface area contributed by atoms with Crippen LogP contribution < -0.4 is 10.6 Å². The fourth-order valence-electron chi connectivity index (χ4n) is 5.81. The molecule has 0 radical (unpaired) electrons. The second-order valence-corrected chi connectivity index (χ2v) is 15.6. The summed E-state index contributed by atoms with van der Waals surface area (Å²) in [6.45, 7) is 0. The number of halogens is 5. The summed E-state index contributed by atoms with van der Waals surface area (Å²) in [5, 5.41) is 5.37. The zero-order valence-electron chi connectivity index (χ0n) is 21.2. The minimum atomic E-state index is -9.72. The SMILES string of the molecule is O=C1Nc2ccc(-c3ccc(S(=O)(=O)C4CCC(Nc5ccc(S(F)(F)(F)(F)F)cc5)CC4)cc3)cc2C12CC2. The maximum atomic E-state index is 13.3. The van der Waals surface area contributed by atoms with Crippen molar-refractivity contribution in [3.63, 3.8) is 0 Å². The molecule has 12 heteroatoms. The predicted octanol–water partition coefficient (Wildman–Crippen LogP) is 8.19. The first-order valence-electron chi connectivity index (χ1n) is 13.0. The zero-order chi connectivity index (χ0) is 28.6. The maximum absolute atomic E-state index is 13.3. The fraction of sp³-hybridized carbons (Fsp3) is 0.321. The lowest BCUT2D eigenvalue weighted by Gasteiger charge is -2.40. The first kappa shape index (κ1) is 27.1. The van der Waals surface area contributed by atoms with Gasteiger partial charge in [0.25, 0.3) is 0 Å². The van der Waals surface area contributed by atoms with Crippen molar-refractivity contribution < 1.29 is 32.6 Å². The van der Waals surface area contributed by atoms with Crippen molar-refractivity contribution in [3.8, 4) is 11.1 Å². The van der Waals surface area contributed by atoms with E-state index in [-0.39, 0.29) is 22.5 Å². The van der Waals surface area contributed by atoms with Crippen molar-refractivity contribution in [2.75, 3.05) is 10.6 Å². The van der Waals surface area contributed by atoms with Crippen molar-refractivity contribution >= 4 is 37.3 Å². The molecule has 5 nitrogen and oxygen atoms in total. The van der Waals surface area contributed by atoms with Crippen LogP contribution in [0.15, 0.2) is 76.5 Å². The van der Waals surface area contributed by atoms with Crippen LogP contribution in [0.4, 0.5) is 30.8 Å². The smallest absolute Gasteiger partial charge is 0.310 e. The Morgan fingerprint density at radius 1 is 0.800 bits per heavy atom. The molecule has 3 aromatic carbocycles. The summed E-state index contributed by atoms with van der Waals surface area (Å²) in [7, 11) is -13.3. The lowest BCUT2D eigenvalue weighted by molar-refractivity contribution is -0.117. The molecule has 6 rings (SSSR count). The Morgan fingerprint density at radius 3 is 1.98 bits per heavy atom. The van der Waals surface area contributed by atoms with E-state index in [1.54, 1.807) is 24.3 Å². The van der Waals surface area contributed by atoms with Gasteiger partial charge in [0.2, 0.25) is 5.91 Å². The summed E-state index contributed by atoms with van der Waals surface area (Å²) in [6.07, 6.45) is 3.31. The van der Waals surface area contributed by atoms with Gasteiger partial charge in [-0.15, -0.1) is 0 Å². The number of carbonyl (C=O) groups excluding carboxylic acids is 1. The summed E-state index contributed by atoms with van der Waals surface area (Å²) >= 11 is 0. The van der Waals surface area contributed by atoms with Gasteiger partial charge in [-0.1, -0.05) is 37.6 Å². The third-order valence-corrected chi connectivity index (χ3v) is 11.7. The van der Waals surface area contributed by atoms with Gasteiger partial charge in [0.1, 0.15) is 4.90 Å². The lowest BCUT2D eigenvalue weighted by Crippen LogP contribution is -2.32. The highest BCUT2D eigenvalue weighted by atomic mass is 32.5. The Labute approximate surface area is 228 Å². The summed E-state index contributed by atoms with van der Waals surface area (Å²) in [6, 6.07) is 15.0. The third kappa shape index (κ3) is 4.85. The summed E-state index contributed by atoms with van der Waals surface area (Å²) < 4.78 is 91.4. The predicted molar refractivity (Wildman–Crippen MR) is 146 cm³/mol. The maximum Gasteiger partial charge on any atom is 0.310 e. The highest BCUT2D eigenvalue weighted by molar-refractivity contribution is 8.45. The van der Waals surface area contributed by atoms with Crippen LogP contribution in [0.25, 0.3) is 11.1 Å². The molecule has 1 spiro atoms. The molecule has 0 unspecified atom stereocenters. The van der Waals surface area contributed by atoms with Crippen LogP contribution in [0.2, 0.25) is 0 Å². The minimum Gasteiger partial charge on any atom is -0.382 e. The first-order valence-corrected chi connectivity index (χ1v) is 16.5. The average Bonchev–Trinajstić information content (AvgIpc) is 3.65. The average molecular weight is 599 g/mol. The molecule has 1 heterocycles. The molecule has 0 atom stereocenters. The Hall–Kier alpha value is -3.12. The molecule has 0 saturated heterocycles. The highest BCUT2D eigenvalue weighted by Crippen LogP contribution is 3.02. The second-order valence-electron chi connectivity index (χ2n) is 11.0. The van der Waals surface area contributed by atoms with E-state index in [0.717, 1.165) is 47.4 Å². The second kappa shape index (κ2) is 8.22. The van der Waals surface area contributed by atoms with Gasteiger partial charge in [-0.25, -0.2) is 8.42 Å². The van der Waals surface area contributed by atoms with E-state index in [9.17, 15) is 32.6 Å². The fourth-order valence-corrected chi connectivity index (χ4v) is 8.25. The number of rotatable bonds is 6. The van der Waals surface area contributed by atoms with E-state index in [4.69, 9.17) is 0 Å². The van der Waals surface area contributed by atoms with Crippen molar-refractivity contribution in [1.82, 2.24) is 0 Å². The number of benzene rings is 3. The molecule has 0 aromatic heterocycles. The van der Waals surface area contributed by atoms with E-state index in [2.05, 4.69) is 10.6 Å². The number of anilines is 2. The number of hydrogen-bond acceptors (Lipinski definition) is 4. The van der Waals surface area contributed by atoms with E-state index in [1.807, 2.05) is 18.2 Å². The number of hydrogen-bond donors (Lipinski definition) is 2. The number of carbonyl (C=O) groups is 1. The summed E-state index contributed by atoms with van der Waals surface area (Å²) in [4.78, 5) is 10.6. The monoisotopic (exact) mass is 598 g/mol. The molecule has 2 saturated carbocycles. The van der Waals surface area contributed by atoms with Crippen molar-refractivity contribution in [3.05, 3.63) is 72.3 Å². The number of amides is 1. The number of nitrogens with one attached hydrogen (secondary N) is 2. The molecule has 2 aliphatic carbocycles. The molecule has 0 bridgehead atoms. The molecule has 1 aliphatic heterocycles. The Balaban J connectivity index is 1.10. The van der Waals surface area contributed by atoms with Crippen molar-refractivity contribution in [1.29, 1.82) is 0 Å². The Kier molecular flexibility index (Phi) is 5.56. The van der Waals surface area contributed by atoms with Crippen LogP contribution >= 0.6 is 10.2 Å². The van der Waals surface area contributed by atoms with Gasteiger partial charge in [0.05, 0.1) is 15.6 Å². The molecular formula is C28H27F5N2O3S2. The highest BCUT2D eigenvalue weighted by Gasteiger charge is 2.65. The molecule has 2 N–H and O–H groups in total. The summed E-state index contributed by atoms with van der Waals surface area (Å²) in [5.41, 5.74) is 3.44. The van der Waals surface area contributed by atoms with Gasteiger partial charge in [0.15, 0.2) is 9.84 Å². The molecule has 3 aliphatic rings. The van der Waals surface area contributed by atoms with Gasteiger partial charge in [-0.2, -0.15) is 0 Å². The molecule has 214 valence electrons. The third-order valence-electron chi connectivity index (χ3n) is 8.27. The van der Waals surface area contributed by atoms with Gasteiger partial charge in [-0.05, 0) is 104 Å². The van der Waals surface area contributed by atoms with Crippen LogP contribution in [-0.4, -0.2) is 25.6 Å². The van der Waals surface area contributed by atoms with Gasteiger partial charge < -0.3 is 10.6 Å². The molecule has 40 heavy (non-hydrogen) atoms. The van der Waals surface area contributed by atoms with Crippen LogP contribution in [-0.2, 0) is 20.0 Å². The van der Waals surface area contributed by atoms with E-state index in [0.29, 0.717) is 37.8 Å². The molecule has 1 amide bonds. The van der Waals surface area contributed by atoms with Gasteiger partial charge >= 0.3 is 10.2 Å². The standard InChI is InChI=1S/C28H27F5N2O3S2/c29-40(30,31,32,33)24-12-6-21(7-13-24)34-20-4-10-23(11-5-20)39(37,38)22-8-1-18(2-9-22)19-3-14-26-25(17-19)28(15-16-28)27(36)35-26/h1-3,6-9,12-14,17,20,23,34H,4-5,10-11,15-16H2,(H,35,36). The number of fused-ring (bicyclic) bond motifs is 2. The normalized spacial score (nSPS) is 23.6. The van der Waals surface area contributed by atoms with Crippen LogP contribution in [0.1, 0.15) is 44.1 Å². The summed E-state index contributed by atoms with van der Waals surface area (Å²) in [5.74, 6) is 0.0380. The quantitative estimate of drug-likeness (QED) is 0.281. The van der Waals surface area contributed by atoms with Crippen LogP contribution in [0, 0.1) is 0 Å². The van der Waals surface area contributed by atoms with Gasteiger partial charge in [0, 0.05) is 17.4 Å². The minimum absolute atomic E-state index is 0.0380. The molecule has 3 aromatic rings. The van der Waals surface area contributed by atoms with Crippen molar-refractivity contribution in [2.45, 2.75) is 65.0 Å². The van der Waals surface area contributed by atoms with Gasteiger partial charge in [-0.3, -0.25) is 4.79 Å². The Bertz CT molecular complexity index is 1610. The zero-order valence-corrected chi connectivity index (χ0v) is 22.8. The molecular weight excluding hydrogens is 571 g/mol. The van der Waals surface area contributed by atoms with Crippen molar-refractivity contribution in [2.24, 2.45) is 0 Å². The van der Waals surface area contributed by atoms with Crippen LogP contribution in [0.3, 0.4) is 0 Å². The van der Waals surface area contributed by atoms with E-state index in [1.165, 1.54) is 0 Å². The molecule has 2 fully saturated rings. The van der Waals surface area contributed by atoms with Crippen LogP contribution in [0.5, 0.6) is 0 Å².